The van der Waals surface area contributed by atoms with Gasteiger partial charge in [-0.1, -0.05) is 36.8 Å². The topological polar surface area (TPSA) is 22.0 Å². The molecule has 1 heterocycles. The van der Waals surface area contributed by atoms with E-state index >= 15 is 0 Å². The molecule has 0 atom stereocenters. The van der Waals surface area contributed by atoms with Gasteiger partial charge in [0, 0.05) is 12.3 Å². The third-order valence-electron chi connectivity index (χ3n) is 3.89. The second kappa shape index (κ2) is 5.43. The van der Waals surface area contributed by atoms with Crippen LogP contribution in [0.1, 0.15) is 36.0 Å². The average molecular weight is 253 g/mol. The van der Waals surface area contributed by atoms with E-state index in [1.165, 1.54) is 36.0 Å². The van der Waals surface area contributed by atoms with E-state index < -0.39 is 0 Å². The molecule has 0 saturated carbocycles. The molecule has 2 aromatic rings. The van der Waals surface area contributed by atoms with Crippen molar-refractivity contribution in [2.75, 3.05) is 0 Å². The molecule has 1 aromatic carbocycles. The monoisotopic (exact) mass is 253 g/mol. The van der Waals surface area contributed by atoms with Crippen molar-refractivity contribution >= 4 is 0 Å². The van der Waals surface area contributed by atoms with Crippen molar-refractivity contribution in [2.45, 2.75) is 38.6 Å². The highest BCUT2D eigenvalue weighted by Crippen LogP contribution is 2.19. The van der Waals surface area contributed by atoms with Gasteiger partial charge in [0.2, 0.25) is 0 Å². The Morgan fingerprint density at radius 3 is 2.47 bits per heavy atom. The fraction of sp³-hybridized carbons (Fsp3) is 0.353. The van der Waals surface area contributed by atoms with Crippen LogP contribution in [0.3, 0.4) is 0 Å². The van der Waals surface area contributed by atoms with Gasteiger partial charge in [-0.3, -0.25) is 4.79 Å². The first-order chi connectivity index (χ1) is 9.33. The minimum Gasteiger partial charge on any atom is -0.311 e. The van der Waals surface area contributed by atoms with Gasteiger partial charge in [-0.25, -0.2) is 0 Å². The molecular weight excluding hydrogens is 234 g/mol. The van der Waals surface area contributed by atoms with Crippen LogP contribution in [0.25, 0.3) is 0 Å². The fourth-order valence-corrected chi connectivity index (χ4v) is 2.83. The summed E-state index contributed by atoms with van der Waals surface area (Å²) in [6.45, 7) is 0.674. The minimum atomic E-state index is 0.129. The Bertz CT molecular complexity index is 613. The van der Waals surface area contributed by atoms with Gasteiger partial charge in [0.1, 0.15) is 0 Å². The average Bonchev–Trinajstić information content (AvgIpc) is 2.65. The predicted molar refractivity (Wildman–Crippen MR) is 77.5 cm³/mol. The molecule has 0 unspecified atom stereocenters. The maximum Gasteiger partial charge on any atom is 0.251 e. The van der Waals surface area contributed by atoms with E-state index in [4.69, 9.17) is 0 Å². The normalized spacial score (nSPS) is 14.7. The number of hydrogen-bond acceptors (Lipinski definition) is 1. The van der Waals surface area contributed by atoms with E-state index in [9.17, 15) is 4.79 Å². The Balaban J connectivity index is 1.94. The lowest BCUT2D eigenvalue weighted by molar-refractivity contribution is 0.709. The zero-order valence-corrected chi connectivity index (χ0v) is 11.1. The van der Waals surface area contributed by atoms with Crippen molar-refractivity contribution in [3.63, 3.8) is 0 Å². The summed E-state index contributed by atoms with van der Waals surface area (Å²) < 4.78 is 1.85. The number of rotatable bonds is 2. The molecule has 1 aliphatic rings. The van der Waals surface area contributed by atoms with Crippen molar-refractivity contribution in [1.29, 1.82) is 0 Å². The smallest absolute Gasteiger partial charge is 0.251 e. The first-order valence-corrected chi connectivity index (χ1v) is 7.09. The second-order valence-electron chi connectivity index (χ2n) is 5.34. The van der Waals surface area contributed by atoms with Crippen LogP contribution in [-0.4, -0.2) is 4.57 Å². The summed E-state index contributed by atoms with van der Waals surface area (Å²) in [5, 5.41) is 0. The van der Waals surface area contributed by atoms with E-state index in [0.29, 0.717) is 6.54 Å². The summed E-state index contributed by atoms with van der Waals surface area (Å²) in [4.78, 5) is 12.2. The predicted octanol–water partition coefficient (Wildman–Crippen LogP) is 3.17. The van der Waals surface area contributed by atoms with Crippen molar-refractivity contribution < 1.29 is 0 Å². The lowest BCUT2D eigenvalue weighted by Gasteiger charge is -2.11. The second-order valence-corrected chi connectivity index (χ2v) is 5.34. The summed E-state index contributed by atoms with van der Waals surface area (Å²) in [6, 6.07) is 12.0. The lowest BCUT2D eigenvalue weighted by Crippen LogP contribution is -2.21. The van der Waals surface area contributed by atoms with Crippen LogP contribution in [0.2, 0.25) is 0 Å². The number of aryl methyl sites for hydroxylation is 2. The molecular formula is C17H19NO. The van der Waals surface area contributed by atoms with Gasteiger partial charge in [0.05, 0.1) is 6.54 Å². The number of benzene rings is 1. The standard InChI is InChI=1S/C17H19NO/c19-17-11-15-9-5-2-6-10-16(15)13-18(17)12-14-7-3-1-4-8-14/h1,3-4,7-8,11,13H,2,5-6,9-10,12H2. The third kappa shape index (κ3) is 2.78. The highest BCUT2D eigenvalue weighted by atomic mass is 16.1. The molecule has 0 spiro atoms. The van der Waals surface area contributed by atoms with Crippen LogP contribution in [-0.2, 0) is 19.4 Å². The van der Waals surface area contributed by atoms with Crippen LogP contribution in [0, 0.1) is 0 Å². The number of hydrogen-bond donors (Lipinski definition) is 0. The molecule has 1 aromatic heterocycles. The van der Waals surface area contributed by atoms with E-state index in [1.807, 2.05) is 28.8 Å². The Hall–Kier alpha value is -1.83. The lowest BCUT2D eigenvalue weighted by atomic mass is 10.1. The van der Waals surface area contributed by atoms with E-state index in [-0.39, 0.29) is 5.56 Å². The number of pyridine rings is 1. The Labute approximate surface area is 113 Å². The number of nitrogens with zero attached hydrogens (tertiary/aromatic N) is 1. The Kier molecular flexibility index (Phi) is 3.49. The minimum absolute atomic E-state index is 0.129. The highest BCUT2D eigenvalue weighted by Gasteiger charge is 2.10. The van der Waals surface area contributed by atoms with E-state index in [0.717, 1.165) is 12.8 Å². The van der Waals surface area contributed by atoms with Crippen molar-refractivity contribution in [2.24, 2.45) is 0 Å². The molecule has 0 fully saturated rings. The molecule has 0 bridgehead atoms. The van der Waals surface area contributed by atoms with Gasteiger partial charge in [0.25, 0.3) is 5.56 Å². The molecule has 0 N–H and O–H groups in total. The van der Waals surface area contributed by atoms with Gasteiger partial charge in [-0.15, -0.1) is 0 Å². The maximum absolute atomic E-state index is 12.2. The van der Waals surface area contributed by atoms with Crippen LogP contribution < -0.4 is 5.56 Å². The van der Waals surface area contributed by atoms with Crippen molar-refractivity contribution in [3.05, 3.63) is 69.6 Å². The number of fused-ring (bicyclic) bond motifs is 1. The van der Waals surface area contributed by atoms with Gasteiger partial charge in [0.15, 0.2) is 0 Å². The van der Waals surface area contributed by atoms with Crippen molar-refractivity contribution in [1.82, 2.24) is 4.57 Å². The van der Waals surface area contributed by atoms with Crippen LogP contribution in [0.5, 0.6) is 0 Å². The Morgan fingerprint density at radius 2 is 1.68 bits per heavy atom. The number of aromatic nitrogens is 1. The molecule has 0 amide bonds. The van der Waals surface area contributed by atoms with E-state index in [1.54, 1.807) is 0 Å². The first-order valence-electron chi connectivity index (χ1n) is 7.09. The Morgan fingerprint density at radius 1 is 0.947 bits per heavy atom. The zero-order valence-electron chi connectivity index (χ0n) is 11.1. The van der Waals surface area contributed by atoms with E-state index in [2.05, 4.69) is 18.3 Å². The summed E-state index contributed by atoms with van der Waals surface area (Å²) in [6.07, 6.45) is 8.00. The quantitative estimate of drug-likeness (QED) is 0.753. The third-order valence-corrected chi connectivity index (χ3v) is 3.89. The van der Waals surface area contributed by atoms with Crippen molar-refractivity contribution in [3.8, 4) is 0 Å². The molecule has 3 rings (SSSR count). The molecule has 0 saturated heterocycles. The fourth-order valence-electron chi connectivity index (χ4n) is 2.83. The largest absolute Gasteiger partial charge is 0.311 e. The molecule has 0 aliphatic heterocycles. The first kappa shape index (κ1) is 12.2. The summed E-state index contributed by atoms with van der Waals surface area (Å²) >= 11 is 0. The molecule has 2 nitrogen and oxygen atoms in total. The van der Waals surface area contributed by atoms with Crippen LogP contribution in [0.15, 0.2) is 47.4 Å². The summed E-state index contributed by atoms with van der Waals surface area (Å²) in [5.74, 6) is 0. The highest BCUT2D eigenvalue weighted by molar-refractivity contribution is 5.26. The van der Waals surface area contributed by atoms with Crippen LogP contribution in [0.4, 0.5) is 0 Å². The summed E-state index contributed by atoms with van der Waals surface area (Å²) in [7, 11) is 0. The van der Waals surface area contributed by atoms with Gasteiger partial charge < -0.3 is 4.57 Å². The maximum atomic E-state index is 12.2. The molecule has 19 heavy (non-hydrogen) atoms. The van der Waals surface area contributed by atoms with Gasteiger partial charge in [-0.05, 0) is 42.4 Å². The molecule has 98 valence electrons. The SMILES string of the molecule is O=c1cc2c(cn1Cc1ccccc1)CCCCC2. The molecule has 1 aliphatic carbocycles. The summed E-state index contributed by atoms with van der Waals surface area (Å²) in [5.41, 5.74) is 3.95. The van der Waals surface area contributed by atoms with Crippen LogP contribution >= 0.6 is 0 Å². The molecule has 2 heteroatoms. The zero-order chi connectivity index (χ0) is 13.1. The molecule has 0 radical (unpaired) electrons. The van der Waals surface area contributed by atoms with Gasteiger partial charge in [-0.2, -0.15) is 0 Å². The van der Waals surface area contributed by atoms with Gasteiger partial charge >= 0.3 is 0 Å².